The van der Waals surface area contributed by atoms with Gasteiger partial charge in [0.25, 0.3) is 0 Å². The summed E-state index contributed by atoms with van der Waals surface area (Å²) < 4.78 is 0. The molecule has 0 aliphatic heterocycles. The summed E-state index contributed by atoms with van der Waals surface area (Å²) >= 11 is 5.82. The Balaban J connectivity index is 1.70. The lowest BCUT2D eigenvalue weighted by Crippen LogP contribution is -2.35. The molecule has 0 bridgehead atoms. The second kappa shape index (κ2) is 7.46. The number of rotatable bonds is 5. The van der Waals surface area contributed by atoms with Crippen LogP contribution in [0.2, 0.25) is 5.02 Å². The van der Waals surface area contributed by atoms with Crippen molar-refractivity contribution in [1.82, 2.24) is 5.32 Å². The van der Waals surface area contributed by atoms with Crippen LogP contribution in [0.3, 0.4) is 0 Å². The lowest BCUT2D eigenvalue weighted by atomic mass is 9.81. The van der Waals surface area contributed by atoms with E-state index in [0.29, 0.717) is 37.3 Å². The van der Waals surface area contributed by atoms with Crippen molar-refractivity contribution < 1.29 is 14.7 Å². The van der Waals surface area contributed by atoms with E-state index in [1.54, 1.807) is 0 Å². The fourth-order valence-corrected chi connectivity index (χ4v) is 2.85. The van der Waals surface area contributed by atoms with Crippen molar-refractivity contribution in [3.05, 3.63) is 34.9 Å². The largest absolute Gasteiger partial charge is 0.481 e. The molecule has 0 heterocycles. The van der Waals surface area contributed by atoms with Gasteiger partial charge in [0, 0.05) is 17.5 Å². The molecular weight excluding hydrogens is 290 g/mol. The van der Waals surface area contributed by atoms with Crippen LogP contribution in [0.5, 0.6) is 0 Å². The smallest absolute Gasteiger partial charge is 0.306 e. The molecule has 114 valence electrons. The van der Waals surface area contributed by atoms with Crippen LogP contribution in [0.15, 0.2) is 24.3 Å². The summed E-state index contributed by atoms with van der Waals surface area (Å²) in [6, 6.07) is 7.58. The molecule has 0 spiro atoms. The van der Waals surface area contributed by atoms with Gasteiger partial charge in [0.1, 0.15) is 0 Å². The molecule has 1 aromatic carbocycles. The minimum Gasteiger partial charge on any atom is -0.481 e. The second-order valence-corrected chi connectivity index (χ2v) is 5.99. The summed E-state index contributed by atoms with van der Waals surface area (Å²) in [7, 11) is 0. The summed E-state index contributed by atoms with van der Waals surface area (Å²) in [6.07, 6.45) is 3.32. The molecule has 4 nitrogen and oxygen atoms in total. The predicted molar refractivity (Wildman–Crippen MR) is 81.2 cm³/mol. The van der Waals surface area contributed by atoms with Gasteiger partial charge in [0.2, 0.25) is 5.91 Å². The molecule has 0 saturated heterocycles. The van der Waals surface area contributed by atoms with Crippen molar-refractivity contribution in [2.45, 2.75) is 32.1 Å². The SMILES string of the molecule is O=C(O)C1CCC(C(=O)NCCc2ccc(Cl)cc2)CC1. The van der Waals surface area contributed by atoms with Gasteiger partial charge in [-0.15, -0.1) is 0 Å². The summed E-state index contributed by atoms with van der Waals surface area (Å²) in [5, 5.41) is 12.6. The summed E-state index contributed by atoms with van der Waals surface area (Å²) in [4.78, 5) is 22.9. The molecule has 1 aromatic rings. The van der Waals surface area contributed by atoms with Gasteiger partial charge in [0.15, 0.2) is 0 Å². The summed E-state index contributed by atoms with van der Waals surface area (Å²) in [5.41, 5.74) is 1.13. The quantitative estimate of drug-likeness (QED) is 0.879. The number of hydrogen-bond donors (Lipinski definition) is 2. The van der Waals surface area contributed by atoms with Crippen LogP contribution in [0.4, 0.5) is 0 Å². The fraction of sp³-hybridized carbons (Fsp3) is 0.500. The Morgan fingerprint density at radius 3 is 2.24 bits per heavy atom. The molecule has 5 heteroatoms. The van der Waals surface area contributed by atoms with Crippen molar-refractivity contribution >= 4 is 23.5 Å². The predicted octanol–water partition coefficient (Wildman–Crippen LogP) is 2.89. The Morgan fingerprint density at radius 1 is 1.10 bits per heavy atom. The van der Waals surface area contributed by atoms with E-state index in [1.165, 1.54) is 0 Å². The molecule has 1 saturated carbocycles. The fourth-order valence-electron chi connectivity index (χ4n) is 2.73. The monoisotopic (exact) mass is 309 g/mol. The van der Waals surface area contributed by atoms with Gasteiger partial charge in [0.05, 0.1) is 5.92 Å². The third-order valence-corrected chi connectivity index (χ3v) is 4.33. The zero-order valence-corrected chi connectivity index (χ0v) is 12.6. The van der Waals surface area contributed by atoms with E-state index < -0.39 is 5.97 Å². The highest BCUT2D eigenvalue weighted by atomic mass is 35.5. The normalized spacial score (nSPS) is 21.8. The zero-order valence-electron chi connectivity index (χ0n) is 11.8. The third kappa shape index (κ3) is 4.74. The highest BCUT2D eigenvalue weighted by molar-refractivity contribution is 6.30. The molecule has 2 rings (SSSR count). The van der Waals surface area contributed by atoms with Crippen LogP contribution in [0.25, 0.3) is 0 Å². The topological polar surface area (TPSA) is 66.4 Å². The number of aliphatic carboxylic acids is 1. The Labute approximate surface area is 129 Å². The third-order valence-electron chi connectivity index (χ3n) is 4.07. The average molecular weight is 310 g/mol. The number of amides is 1. The maximum atomic E-state index is 12.0. The minimum atomic E-state index is -0.739. The molecule has 1 amide bonds. The molecule has 1 aliphatic carbocycles. The van der Waals surface area contributed by atoms with Crippen LogP contribution in [-0.4, -0.2) is 23.5 Å². The number of carbonyl (C=O) groups is 2. The Morgan fingerprint density at radius 2 is 1.67 bits per heavy atom. The van der Waals surface area contributed by atoms with Crippen LogP contribution in [-0.2, 0) is 16.0 Å². The van der Waals surface area contributed by atoms with Gasteiger partial charge in [-0.1, -0.05) is 23.7 Å². The molecule has 2 N–H and O–H groups in total. The molecule has 0 aromatic heterocycles. The number of halogens is 1. The Bertz CT molecular complexity index is 493. The molecule has 0 radical (unpaired) electrons. The van der Waals surface area contributed by atoms with Crippen molar-refractivity contribution in [2.75, 3.05) is 6.54 Å². The Kier molecular flexibility index (Phi) is 5.62. The standard InChI is InChI=1S/C16H20ClNO3/c17-14-7-1-11(2-8-14)9-10-18-15(19)12-3-5-13(6-4-12)16(20)21/h1-2,7-8,12-13H,3-6,9-10H2,(H,18,19)(H,20,21). The summed E-state index contributed by atoms with van der Waals surface area (Å²) in [5.74, 6) is -1.00. The number of nitrogens with one attached hydrogen (secondary N) is 1. The first-order valence-corrected chi connectivity index (χ1v) is 7.69. The average Bonchev–Trinajstić information content (AvgIpc) is 2.49. The van der Waals surface area contributed by atoms with Crippen LogP contribution in [0.1, 0.15) is 31.2 Å². The first-order chi connectivity index (χ1) is 10.1. The van der Waals surface area contributed by atoms with E-state index in [9.17, 15) is 9.59 Å². The number of benzene rings is 1. The molecule has 1 aliphatic rings. The number of carboxylic acid groups (broad SMARTS) is 1. The summed E-state index contributed by atoms with van der Waals surface area (Å²) in [6.45, 7) is 0.597. The molecule has 0 atom stereocenters. The first kappa shape index (κ1) is 15.8. The van der Waals surface area contributed by atoms with Crippen LogP contribution in [0, 0.1) is 11.8 Å². The van der Waals surface area contributed by atoms with E-state index in [0.717, 1.165) is 12.0 Å². The van der Waals surface area contributed by atoms with E-state index in [2.05, 4.69) is 5.32 Å². The van der Waals surface area contributed by atoms with Crippen LogP contribution < -0.4 is 5.32 Å². The van der Waals surface area contributed by atoms with Gasteiger partial charge in [-0.2, -0.15) is 0 Å². The molecule has 1 fully saturated rings. The maximum Gasteiger partial charge on any atom is 0.306 e. The first-order valence-electron chi connectivity index (χ1n) is 7.31. The lowest BCUT2D eigenvalue weighted by molar-refractivity contribution is -0.144. The van der Waals surface area contributed by atoms with Crippen LogP contribution >= 0.6 is 11.6 Å². The number of carboxylic acids is 1. The van der Waals surface area contributed by atoms with Gasteiger partial charge >= 0.3 is 5.97 Å². The number of hydrogen-bond acceptors (Lipinski definition) is 2. The van der Waals surface area contributed by atoms with Gasteiger partial charge in [-0.05, 0) is 49.8 Å². The van der Waals surface area contributed by atoms with Gasteiger partial charge in [-0.25, -0.2) is 0 Å². The zero-order chi connectivity index (χ0) is 15.2. The van der Waals surface area contributed by atoms with Crippen molar-refractivity contribution in [3.63, 3.8) is 0 Å². The van der Waals surface area contributed by atoms with E-state index in [-0.39, 0.29) is 17.7 Å². The van der Waals surface area contributed by atoms with Gasteiger partial charge < -0.3 is 10.4 Å². The van der Waals surface area contributed by atoms with Gasteiger partial charge in [-0.3, -0.25) is 9.59 Å². The van der Waals surface area contributed by atoms with E-state index in [4.69, 9.17) is 16.7 Å². The highest BCUT2D eigenvalue weighted by Gasteiger charge is 2.29. The number of carbonyl (C=O) groups excluding carboxylic acids is 1. The second-order valence-electron chi connectivity index (χ2n) is 5.55. The highest BCUT2D eigenvalue weighted by Crippen LogP contribution is 2.28. The van der Waals surface area contributed by atoms with Crippen molar-refractivity contribution in [2.24, 2.45) is 11.8 Å². The lowest BCUT2D eigenvalue weighted by Gasteiger charge is -2.25. The molecule has 0 unspecified atom stereocenters. The maximum absolute atomic E-state index is 12.0. The molecular formula is C16H20ClNO3. The van der Waals surface area contributed by atoms with Crippen molar-refractivity contribution in [3.8, 4) is 0 Å². The molecule has 21 heavy (non-hydrogen) atoms. The van der Waals surface area contributed by atoms with E-state index in [1.807, 2.05) is 24.3 Å². The van der Waals surface area contributed by atoms with E-state index >= 15 is 0 Å². The minimum absolute atomic E-state index is 0.0363. The van der Waals surface area contributed by atoms with Crippen molar-refractivity contribution in [1.29, 1.82) is 0 Å². The Hall–Kier alpha value is -1.55.